The SMILES string of the molecule is CC[C@H]1OC(=O)[C@H](C)[C@H](O[C@@H]2C[C@](C)(OC)[C@H](O)[C@H](C)O2)[C@H](C)[C@@H](O[C@@H]2O[C@H](C)C[C@H](N(C)C)[C@H]2O)[C@](C)(O)C[C@@H](C)CN(C)[C@H](C)[C@@H](O)[C@]1(C)O. The Kier molecular flexibility index (Phi) is 15.6. The summed E-state index contributed by atoms with van der Waals surface area (Å²) in [6.45, 7) is 18.0. The first-order valence-corrected chi connectivity index (χ1v) is 19.1. The van der Waals surface area contributed by atoms with Crippen LogP contribution in [0.2, 0.25) is 0 Å². The molecule has 52 heavy (non-hydrogen) atoms. The minimum Gasteiger partial charge on any atom is -0.459 e. The molecule has 0 unspecified atom stereocenters. The molecule has 0 aliphatic carbocycles. The van der Waals surface area contributed by atoms with Crippen LogP contribution in [-0.2, 0) is 33.2 Å². The zero-order valence-electron chi connectivity index (χ0n) is 34.2. The molecule has 0 aromatic carbocycles. The second kappa shape index (κ2) is 17.8. The third-order valence-corrected chi connectivity index (χ3v) is 12.2. The normalized spacial score (nSPS) is 49.6. The molecule has 306 valence electrons. The number of hydrogen-bond donors (Lipinski definition) is 5. The van der Waals surface area contributed by atoms with E-state index < -0.39 is 96.0 Å². The van der Waals surface area contributed by atoms with Crippen LogP contribution in [0.5, 0.6) is 0 Å². The Morgan fingerprint density at radius 3 is 2.12 bits per heavy atom. The maximum atomic E-state index is 14.2. The van der Waals surface area contributed by atoms with Gasteiger partial charge in [-0.1, -0.05) is 20.8 Å². The smallest absolute Gasteiger partial charge is 0.311 e. The van der Waals surface area contributed by atoms with Crippen molar-refractivity contribution in [3.05, 3.63) is 0 Å². The quantitative estimate of drug-likeness (QED) is 0.238. The largest absolute Gasteiger partial charge is 0.459 e. The summed E-state index contributed by atoms with van der Waals surface area (Å²) >= 11 is 0. The zero-order chi connectivity index (χ0) is 39.7. The van der Waals surface area contributed by atoms with E-state index in [0.29, 0.717) is 13.0 Å². The van der Waals surface area contributed by atoms with Crippen molar-refractivity contribution in [2.24, 2.45) is 17.8 Å². The molecule has 0 bridgehead atoms. The molecule has 3 fully saturated rings. The number of carbonyl (C=O) groups excluding carboxylic acids is 1. The van der Waals surface area contributed by atoms with Gasteiger partial charge < -0.3 is 63.8 Å². The highest BCUT2D eigenvalue weighted by molar-refractivity contribution is 5.73. The van der Waals surface area contributed by atoms with Crippen LogP contribution in [0.25, 0.3) is 0 Å². The second-order valence-corrected chi connectivity index (χ2v) is 17.2. The van der Waals surface area contributed by atoms with Gasteiger partial charge in [0.25, 0.3) is 0 Å². The first-order valence-electron chi connectivity index (χ1n) is 19.1. The molecule has 3 aliphatic rings. The third kappa shape index (κ3) is 10.0. The summed E-state index contributed by atoms with van der Waals surface area (Å²) in [7, 11) is 7.12. The Labute approximate surface area is 312 Å². The van der Waals surface area contributed by atoms with E-state index in [9.17, 15) is 30.3 Å². The molecule has 18 atom stereocenters. The number of ether oxygens (including phenoxy) is 6. The van der Waals surface area contributed by atoms with Crippen LogP contribution in [0.15, 0.2) is 0 Å². The standard InChI is InChI=1S/C38H72N2O12/c1-15-27-38(10,46)31(42)24(6)40(13)19-20(2)17-36(8,45)33(52-35-29(41)26(39(11)12)16-21(3)48-35)22(4)30(23(5)34(44)50-27)51-28-18-37(9,47-14)32(43)25(7)49-28/h20-33,35,41-43,45-46H,15-19H2,1-14H3/t20-,21-,22+,23-,24-,25+,26+,27-,28-,29-,30-,31-,32-,33-,35+,36-,37+,38-/m1/s1. The van der Waals surface area contributed by atoms with Crippen LogP contribution >= 0.6 is 0 Å². The van der Waals surface area contributed by atoms with E-state index in [4.69, 9.17) is 28.4 Å². The molecule has 14 nitrogen and oxygen atoms in total. The lowest BCUT2D eigenvalue weighted by atomic mass is 9.77. The molecule has 3 aliphatic heterocycles. The summed E-state index contributed by atoms with van der Waals surface area (Å²) in [6.07, 6.45) is -8.19. The Bertz CT molecular complexity index is 1140. The predicted molar refractivity (Wildman–Crippen MR) is 194 cm³/mol. The highest BCUT2D eigenvalue weighted by Gasteiger charge is 2.52. The molecule has 0 saturated carbocycles. The molecule has 5 N–H and O–H groups in total. The average Bonchev–Trinajstić information content (AvgIpc) is 3.05. The number of rotatable bonds is 7. The maximum absolute atomic E-state index is 14.2. The molecule has 0 amide bonds. The summed E-state index contributed by atoms with van der Waals surface area (Å²) in [5.74, 6) is -2.58. The van der Waals surface area contributed by atoms with E-state index in [-0.39, 0.29) is 37.3 Å². The lowest BCUT2D eigenvalue weighted by molar-refractivity contribution is -0.318. The van der Waals surface area contributed by atoms with Crippen molar-refractivity contribution >= 4 is 5.97 Å². The predicted octanol–water partition coefficient (Wildman–Crippen LogP) is 1.90. The minimum atomic E-state index is -1.80. The third-order valence-electron chi connectivity index (χ3n) is 12.2. The van der Waals surface area contributed by atoms with Crippen LogP contribution in [0.1, 0.15) is 94.9 Å². The summed E-state index contributed by atoms with van der Waals surface area (Å²) in [4.78, 5) is 18.0. The van der Waals surface area contributed by atoms with Gasteiger partial charge in [-0.15, -0.1) is 0 Å². The van der Waals surface area contributed by atoms with Crippen LogP contribution in [0, 0.1) is 17.8 Å². The second-order valence-electron chi connectivity index (χ2n) is 17.2. The fourth-order valence-corrected chi connectivity index (χ4v) is 8.74. The molecule has 0 aromatic heterocycles. The van der Waals surface area contributed by atoms with Gasteiger partial charge in [-0.25, -0.2) is 0 Å². The van der Waals surface area contributed by atoms with E-state index in [0.717, 1.165) is 0 Å². The van der Waals surface area contributed by atoms with Crippen LogP contribution in [0.4, 0.5) is 0 Å². The summed E-state index contributed by atoms with van der Waals surface area (Å²) in [5.41, 5.74) is -4.37. The molecule has 3 rings (SSSR count). The van der Waals surface area contributed by atoms with Crippen molar-refractivity contribution in [3.63, 3.8) is 0 Å². The summed E-state index contributed by atoms with van der Waals surface area (Å²) in [5, 5.41) is 58.1. The molecule has 0 aromatic rings. The van der Waals surface area contributed by atoms with E-state index >= 15 is 0 Å². The number of esters is 1. The van der Waals surface area contributed by atoms with Crippen molar-refractivity contribution in [2.45, 2.75) is 185 Å². The highest BCUT2D eigenvalue weighted by atomic mass is 16.7. The molecule has 0 radical (unpaired) electrons. The van der Waals surface area contributed by atoms with Crippen molar-refractivity contribution in [2.75, 3.05) is 34.8 Å². The van der Waals surface area contributed by atoms with Gasteiger partial charge in [-0.3, -0.25) is 4.79 Å². The van der Waals surface area contributed by atoms with Crippen molar-refractivity contribution in [1.82, 2.24) is 9.80 Å². The van der Waals surface area contributed by atoms with Gasteiger partial charge in [0.15, 0.2) is 12.6 Å². The first-order chi connectivity index (χ1) is 23.9. The maximum Gasteiger partial charge on any atom is 0.311 e. The summed E-state index contributed by atoms with van der Waals surface area (Å²) < 4.78 is 37.5. The number of cyclic esters (lactones) is 1. The first kappa shape index (κ1) is 45.4. The Hall–Kier alpha value is -1.01. The van der Waals surface area contributed by atoms with Gasteiger partial charge >= 0.3 is 5.97 Å². The molecule has 0 spiro atoms. The monoisotopic (exact) mass is 749 g/mol. The molecular formula is C38H72N2O12. The number of aliphatic hydroxyl groups is 5. The number of hydrogen-bond acceptors (Lipinski definition) is 14. The van der Waals surface area contributed by atoms with Crippen molar-refractivity contribution < 1.29 is 58.7 Å². The fourth-order valence-electron chi connectivity index (χ4n) is 8.74. The number of nitrogens with zero attached hydrogens (tertiary/aromatic N) is 2. The van der Waals surface area contributed by atoms with Gasteiger partial charge in [-0.2, -0.15) is 0 Å². The Morgan fingerprint density at radius 2 is 1.56 bits per heavy atom. The fraction of sp³-hybridized carbons (Fsp3) is 0.974. The number of carbonyl (C=O) groups is 1. The van der Waals surface area contributed by atoms with Crippen molar-refractivity contribution in [1.29, 1.82) is 0 Å². The number of methoxy groups -OCH3 is 1. The van der Waals surface area contributed by atoms with Crippen LogP contribution < -0.4 is 0 Å². The average molecular weight is 749 g/mol. The molecule has 3 saturated heterocycles. The van der Waals surface area contributed by atoms with Gasteiger partial charge in [0.2, 0.25) is 0 Å². The highest BCUT2D eigenvalue weighted by Crippen LogP contribution is 2.40. The van der Waals surface area contributed by atoms with Crippen LogP contribution in [-0.4, -0.2) is 166 Å². The number of likely N-dealkylation sites (N-methyl/N-ethyl adjacent to an activating group) is 2. The van der Waals surface area contributed by atoms with E-state index in [1.807, 2.05) is 51.7 Å². The molecule has 14 heteroatoms. The van der Waals surface area contributed by atoms with Gasteiger partial charge in [-0.05, 0) is 94.8 Å². The van der Waals surface area contributed by atoms with Gasteiger partial charge in [0, 0.05) is 38.1 Å². The van der Waals surface area contributed by atoms with E-state index in [1.165, 1.54) is 14.0 Å². The topological polar surface area (TPSA) is 180 Å². The Morgan fingerprint density at radius 1 is 0.942 bits per heavy atom. The zero-order valence-corrected chi connectivity index (χ0v) is 34.2. The van der Waals surface area contributed by atoms with E-state index in [2.05, 4.69) is 0 Å². The number of aliphatic hydroxyl groups excluding tert-OH is 3. The molecular weight excluding hydrogens is 676 g/mol. The summed E-state index contributed by atoms with van der Waals surface area (Å²) in [6, 6.07) is -0.808. The van der Waals surface area contributed by atoms with Gasteiger partial charge in [0.05, 0.1) is 41.5 Å². The van der Waals surface area contributed by atoms with E-state index in [1.54, 1.807) is 41.5 Å². The van der Waals surface area contributed by atoms with Crippen LogP contribution in [0.3, 0.4) is 0 Å². The molecule has 3 heterocycles. The minimum absolute atomic E-state index is 0.133. The lowest BCUT2D eigenvalue weighted by Gasteiger charge is -2.48. The Balaban J connectivity index is 2.17. The van der Waals surface area contributed by atoms with Gasteiger partial charge in [0.1, 0.15) is 30.0 Å². The lowest BCUT2D eigenvalue weighted by Crippen LogP contribution is -2.60. The van der Waals surface area contributed by atoms with Crippen molar-refractivity contribution in [3.8, 4) is 0 Å².